The number of thiophene rings is 1. The summed E-state index contributed by atoms with van der Waals surface area (Å²) in [7, 11) is -4.26. The van der Waals surface area contributed by atoms with E-state index >= 15 is 0 Å². The van der Waals surface area contributed by atoms with Gasteiger partial charge in [-0.25, -0.2) is 8.42 Å². The molecule has 0 aliphatic carbocycles. The number of aromatic nitrogens is 2. The zero-order valence-corrected chi connectivity index (χ0v) is 22.7. The molecule has 0 saturated carbocycles. The average molecular weight is 570 g/mol. The second kappa shape index (κ2) is 10.8. The predicted molar refractivity (Wildman–Crippen MR) is 142 cm³/mol. The van der Waals surface area contributed by atoms with Crippen molar-refractivity contribution >= 4 is 39.0 Å². The molecule has 3 aromatic rings. The van der Waals surface area contributed by atoms with E-state index in [4.69, 9.17) is 0 Å². The fraction of sp³-hybridized carbons (Fsp3) is 0.346. The molecule has 2 aliphatic heterocycles. The molecule has 0 aromatic carbocycles. The first-order valence-electron chi connectivity index (χ1n) is 12.6. The molecule has 2 amide bonds. The monoisotopic (exact) mass is 569 g/mol. The van der Waals surface area contributed by atoms with Crippen LogP contribution in [0.2, 0.25) is 0 Å². The Balaban J connectivity index is 1.32. The number of fused-ring (bicyclic) bond motifs is 1. The SMILES string of the molecule is CCCC(NC(=O)c1ccc(-c2ccccn2)s1)C(=O)N1CCC2C1C(=O)CN2S(=O)(=O)c1cccc[n+]1[O-]. The summed E-state index contributed by atoms with van der Waals surface area (Å²) in [5.41, 5.74) is 0.739. The average Bonchev–Trinajstić information content (AvgIpc) is 3.66. The number of hydrogen-bond donors (Lipinski definition) is 1. The lowest BCUT2D eigenvalue weighted by molar-refractivity contribution is -0.646. The Morgan fingerprint density at radius 1 is 1.21 bits per heavy atom. The summed E-state index contributed by atoms with van der Waals surface area (Å²) in [4.78, 5) is 46.7. The molecule has 3 aromatic heterocycles. The number of amides is 2. The highest BCUT2D eigenvalue weighted by Gasteiger charge is 2.55. The van der Waals surface area contributed by atoms with Crippen molar-refractivity contribution in [1.82, 2.24) is 19.5 Å². The van der Waals surface area contributed by atoms with Crippen LogP contribution in [-0.2, 0) is 19.6 Å². The molecule has 1 N–H and O–H groups in total. The minimum atomic E-state index is -4.26. The molecule has 2 aliphatic rings. The summed E-state index contributed by atoms with van der Waals surface area (Å²) in [5.74, 6) is -1.25. The summed E-state index contributed by atoms with van der Waals surface area (Å²) in [5, 5.41) is 14.5. The van der Waals surface area contributed by atoms with E-state index in [1.54, 1.807) is 24.4 Å². The van der Waals surface area contributed by atoms with Crippen molar-refractivity contribution in [2.45, 2.75) is 49.3 Å². The van der Waals surface area contributed by atoms with E-state index in [-0.39, 0.29) is 17.7 Å². The summed E-state index contributed by atoms with van der Waals surface area (Å²) < 4.78 is 27.8. The smallest absolute Gasteiger partial charge is 0.323 e. The highest BCUT2D eigenvalue weighted by molar-refractivity contribution is 7.89. The van der Waals surface area contributed by atoms with Crippen LogP contribution in [0.15, 0.2) is 66.0 Å². The van der Waals surface area contributed by atoms with Gasteiger partial charge >= 0.3 is 15.0 Å². The molecule has 3 unspecified atom stereocenters. The first kappa shape index (κ1) is 26.9. The highest BCUT2D eigenvalue weighted by atomic mass is 32.2. The standard InChI is InChI=1S/C26H27N5O6S2/c1-2-7-18(28-25(33)22-11-10-21(38-22)17-8-3-5-13-27-17)26(34)29-15-12-19-24(29)20(32)16-31(19)39(36,37)23-9-4-6-14-30(23)35/h3-6,8-11,13-14,18-19,24H,2,7,12,15-16H2,1H3,(H,28,33). The van der Waals surface area contributed by atoms with Gasteiger partial charge in [0.2, 0.25) is 5.91 Å². The maximum atomic E-state index is 13.6. The third-order valence-electron chi connectivity index (χ3n) is 6.95. The minimum Gasteiger partial charge on any atom is -0.618 e. The fourth-order valence-corrected chi connectivity index (χ4v) is 7.69. The second-order valence-corrected chi connectivity index (χ2v) is 12.3. The molecule has 11 nitrogen and oxygen atoms in total. The normalized spacial score (nSPS) is 20.1. The topological polar surface area (TPSA) is 144 Å². The molecule has 39 heavy (non-hydrogen) atoms. The fourth-order valence-electron chi connectivity index (χ4n) is 5.15. The van der Waals surface area contributed by atoms with Gasteiger partial charge in [0.15, 0.2) is 12.0 Å². The van der Waals surface area contributed by atoms with Crippen LogP contribution in [0.4, 0.5) is 0 Å². The number of carbonyl (C=O) groups is 3. The third-order valence-corrected chi connectivity index (χ3v) is 9.92. The Morgan fingerprint density at radius 3 is 2.72 bits per heavy atom. The number of nitrogens with one attached hydrogen (secondary N) is 1. The number of sulfonamides is 1. The van der Waals surface area contributed by atoms with Gasteiger partial charge in [0.1, 0.15) is 12.1 Å². The van der Waals surface area contributed by atoms with Crippen LogP contribution in [0.5, 0.6) is 0 Å². The van der Waals surface area contributed by atoms with Crippen LogP contribution in [0.3, 0.4) is 0 Å². The first-order chi connectivity index (χ1) is 18.7. The van der Waals surface area contributed by atoms with Gasteiger partial charge in [-0.3, -0.25) is 19.4 Å². The maximum absolute atomic E-state index is 13.6. The van der Waals surface area contributed by atoms with Gasteiger partial charge in [0, 0.05) is 24.9 Å². The van der Waals surface area contributed by atoms with Gasteiger partial charge in [-0.2, -0.15) is 9.04 Å². The zero-order chi connectivity index (χ0) is 27.7. The van der Waals surface area contributed by atoms with Crippen molar-refractivity contribution in [1.29, 1.82) is 0 Å². The number of rotatable bonds is 8. The number of pyridine rings is 2. The Hall–Kier alpha value is -3.68. The van der Waals surface area contributed by atoms with Crippen LogP contribution < -0.4 is 10.0 Å². The van der Waals surface area contributed by atoms with E-state index < -0.39 is 57.3 Å². The van der Waals surface area contributed by atoms with Gasteiger partial charge in [-0.05, 0) is 43.2 Å². The number of likely N-dealkylation sites (tertiary alicyclic amines) is 1. The zero-order valence-electron chi connectivity index (χ0n) is 21.1. The number of carbonyl (C=O) groups excluding carboxylic acids is 3. The number of nitrogens with zero attached hydrogens (tertiary/aromatic N) is 4. The summed E-state index contributed by atoms with van der Waals surface area (Å²) >= 11 is 1.26. The number of ketones is 1. The molecule has 0 radical (unpaired) electrons. The number of Topliss-reactive ketones (excluding diaryl/α,β-unsaturated/α-hetero) is 1. The quantitative estimate of drug-likeness (QED) is 0.320. The summed E-state index contributed by atoms with van der Waals surface area (Å²) in [6.07, 6.45) is 3.96. The molecule has 204 valence electrons. The van der Waals surface area contributed by atoms with Crippen LogP contribution in [0.25, 0.3) is 10.6 Å². The van der Waals surface area contributed by atoms with E-state index in [0.29, 0.717) is 17.7 Å². The number of hydrogen-bond acceptors (Lipinski definition) is 8. The van der Waals surface area contributed by atoms with Crippen LogP contribution in [-0.4, -0.2) is 71.4 Å². The van der Waals surface area contributed by atoms with Crippen molar-refractivity contribution in [2.24, 2.45) is 0 Å². The van der Waals surface area contributed by atoms with Gasteiger partial charge in [-0.1, -0.05) is 19.4 Å². The van der Waals surface area contributed by atoms with Gasteiger partial charge < -0.3 is 15.4 Å². The lowest BCUT2D eigenvalue weighted by atomic mass is 10.1. The predicted octanol–water partition coefficient (Wildman–Crippen LogP) is 1.59. The lowest BCUT2D eigenvalue weighted by Crippen LogP contribution is -2.52. The minimum absolute atomic E-state index is 0.164. The van der Waals surface area contributed by atoms with E-state index in [2.05, 4.69) is 10.3 Å². The van der Waals surface area contributed by atoms with Crippen LogP contribution in [0.1, 0.15) is 35.9 Å². The van der Waals surface area contributed by atoms with Gasteiger partial charge in [0.25, 0.3) is 5.91 Å². The molecule has 5 heterocycles. The van der Waals surface area contributed by atoms with Crippen LogP contribution >= 0.6 is 11.3 Å². The molecule has 3 atom stereocenters. The molecular formula is C26H27N5O6S2. The van der Waals surface area contributed by atoms with E-state index in [1.165, 1.54) is 34.4 Å². The molecule has 13 heteroatoms. The van der Waals surface area contributed by atoms with Crippen molar-refractivity contribution in [3.05, 3.63) is 71.0 Å². The molecule has 0 spiro atoms. The highest BCUT2D eigenvalue weighted by Crippen LogP contribution is 2.34. The van der Waals surface area contributed by atoms with E-state index in [0.717, 1.165) is 21.1 Å². The summed E-state index contributed by atoms with van der Waals surface area (Å²) in [6, 6.07) is 10.4. The Morgan fingerprint density at radius 2 is 2.00 bits per heavy atom. The second-order valence-electron chi connectivity index (χ2n) is 9.41. The Bertz CT molecular complexity index is 1510. The lowest BCUT2D eigenvalue weighted by Gasteiger charge is -2.28. The molecule has 2 saturated heterocycles. The Kier molecular flexibility index (Phi) is 7.47. The first-order valence-corrected chi connectivity index (χ1v) is 14.8. The van der Waals surface area contributed by atoms with E-state index in [9.17, 15) is 28.0 Å². The molecule has 0 bridgehead atoms. The maximum Gasteiger partial charge on any atom is 0.323 e. The third kappa shape index (κ3) is 5.04. The van der Waals surface area contributed by atoms with Gasteiger partial charge in [0.05, 0.1) is 28.0 Å². The van der Waals surface area contributed by atoms with Crippen molar-refractivity contribution < 1.29 is 27.5 Å². The van der Waals surface area contributed by atoms with Crippen molar-refractivity contribution in [3.63, 3.8) is 0 Å². The Labute approximate surface area is 229 Å². The van der Waals surface area contributed by atoms with Crippen molar-refractivity contribution in [3.8, 4) is 10.6 Å². The largest absolute Gasteiger partial charge is 0.618 e. The van der Waals surface area contributed by atoms with Crippen molar-refractivity contribution in [2.75, 3.05) is 13.1 Å². The molecule has 5 rings (SSSR count). The summed E-state index contributed by atoms with van der Waals surface area (Å²) in [6.45, 7) is 1.63. The van der Waals surface area contributed by atoms with Crippen LogP contribution in [0, 0.1) is 5.21 Å². The van der Waals surface area contributed by atoms with E-state index in [1.807, 2.05) is 19.1 Å². The van der Waals surface area contributed by atoms with Gasteiger partial charge in [-0.15, -0.1) is 11.3 Å². The molecular weight excluding hydrogens is 542 g/mol. The molecule has 2 fully saturated rings.